The third-order valence-corrected chi connectivity index (χ3v) is 3.79. The first kappa shape index (κ1) is 14.6. The molecule has 1 N–H and O–H groups in total. The third kappa shape index (κ3) is 3.29. The van der Waals surface area contributed by atoms with Gasteiger partial charge < -0.3 is 5.32 Å². The van der Waals surface area contributed by atoms with Crippen molar-refractivity contribution in [3.8, 4) is 5.82 Å². The summed E-state index contributed by atoms with van der Waals surface area (Å²) in [5, 5.41) is 2.79. The van der Waals surface area contributed by atoms with Gasteiger partial charge >= 0.3 is 0 Å². The van der Waals surface area contributed by atoms with Crippen molar-refractivity contribution in [1.82, 2.24) is 19.9 Å². The molecule has 2 heterocycles. The number of nitrogens with zero attached hydrogens (tertiary/aromatic N) is 3. The molecule has 5 nitrogen and oxygen atoms in total. The molecule has 3 rings (SSSR count). The molecule has 0 saturated heterocycles. The third-order valence-electron chi connectivity index (χ3n) is 3.79. The number of nitrogens with one attached hydrogen (secondary N) is 1. The number of alkyl halides is 2. The maximum absolute atomic E-state index is 13.1. The molecule has 7 heteroatoms. The van der Waals surface area contributed by atoms with E-state index in [-0.39, 0.29) is 30.5 Å². The minimum absolute atomic E-state index is 0.180. The second kappa shape index (κ2) is 5.82. The molecule has 22 heavy (non-hydrogen) atoms. The first-order valence-corrected chi connectivity index (χ1v) is 7.18. The van der Waals surface area contributed by atoms with Crippen LogP contribution in [-0.4, -0.2) is 32.4 Å². The van der Waals surface area contributed by atoms with Gasteiger partial charge in [0.25, 0.3) is 5.91 Å². The van der Waals surface area contributed by atoms with E-state index in [1.807, 2.05) is 0 Å². The van der Waals surface area contributed by atoms with Crippen molar-refractivity contribution in [2.24, 2.45) is 0 Å². The van der Waals surface area contributed by atoms with E-state index in [0.717, 1.165) is 0 Å². The molecule has 0 atom stereocenters. The quantitative estimate of drug-likeness (QED) is 0.948. The smallest absolute Gasteiger partial charge is 0.270 e. The van der Waals surface area contributed by atoms with Crippen LogP contribution in [0.25, 0.3) is 5.82 Å². The lowest BCUT2D eigenvalue weighted by molar-refractivity contribution is -0.0399. The number of halogens is 2. The van der Waals surface area contributed by atoms with Gasteiger partial charge in [-0.15, -0.1) is 0 Å². The minimum atomic E-state index is -2.60. The Morgan fingerprint density at radius 1 is 1.32 bits per heavy atom. The van der Waals surface area contributed by atoms with E-state index >= 15 is 0 Å². The van der Waals surface area contributed by atoms with E-state index in [0.29, 0.717) is 18.7 Å². The van der Waals surface area contributed by atoms with Crippen LogP contribution in [0.1, 0.15) is 36.2 Å². The van der Waals surface area contributed by atoms with Crippen molar-refractivity contribution in [1.29, 1.82) is 0 Å². The lowest BCUT2D eigenvalue weighted by Crippen LogP contribution is -2.40. The number of carbonyl (C=O) groups excluding carboxylic acids is 1. The molecule has 0 spiro atoms. The Balaban J connectivity index is 1.67. The van der Waals surface area contributed by atoms with Gasteiger partial charge in [0.05, 0.1) is 0 Å². The first-order chi connectivity index (χ1) is 10.5. The molecule has 1 aliphatic rings. The summed E-state index contributed by atoms with van der Waals surface area (Å²) in [5.74, 6) is -2.35. The average molecular weight is 306 g/mol. The average Bonchev–Trinajstić information content (AvgIpc) is 3.04. The Labute approximate surface area is 126 Å². The lowest BCUT2D eigenvalue weighted by atomic mass is 9.92. The molecule has 1 aliphatic carbocycles. The zero-order valence-electron chi connectivity index (χ0n) is 11.9. The maximum Gasteiger partial charge on any atom is 0.270 e. The number of carbonyl (C=O) groups is 1. The molecular weight excluding hydrogens is 290 g/mol. The zero-order chi connectivity index (χ0) is 15.6. The van der Waals surface area contributed by atoms with Crippen LogP contribution in [0, 0.1) is 0 Å². The van der Waals surface area contributed by atoms with Gasteiger partial charge in [-0.3, -0.25) is 9.36 Å². The largest absolute Gasteiger partial charge is 0.348 e. The molecule has 1 saturated carbocycles. The van der Waals surface area contributed by atoms with Crippen molar-refractivity contribution in [3.63, 3.8) is 0 Å². The summed E-state index contributed by atoms with van der Waals surface area (Å²) in [6.45, 7) is 0. The predicted molar refractivity (Wildman–Crippen MR) is 76.0 cm³/mol. The maximum atomic E-state index is 13.1. The van der Waals surface area contributed by atoms with Gasteiger partial charge in [-0.25, -0.2) is 18.7 Å². The van der Waals surface area contributed by atoms with Crippen LogP contribution < -0.4 is 5.32 Å². The lowest BCUT2D eigenvalue weighted by Gasteiger charge is -2.28. The van der Waals surface area contributed by atoms with Crippen molar-refractivity contribution in [2.75, 3.05) is 0 Å². The number of pyridine rings is 1. The van der Waals surface area contributed by atoms with Gasteiger partial charge in [0.15, 0.2) is 0 Å². The zero-order valence-corrected chi connectivity index (χ0v) is 11.9. The number of hydrogen-bond donors (Lipinski definition) is 1. The SMILES string of the molecule is O=C(NC1CCC(F)(F)CC1)c1cccc(-n2ccnc2)n1. The van der Waals surface area contributed by atoms with E-state index in [1.54, 1.807) is 41.5 Å². The van der Waals surface area contributed by atoms with Crippen LogP contribution in [0.4, 0.5) is 8.78 Å². The van der Waals surface area contributed by atoms with Crippen LogP contribution in [0.5, 0.6) is 0 Å². The highest BCUT2D eigenvalue weighted by molar-refractivity contribution is 5.92. The van der Waals surface area contributed by atoms with Crippen molar-refractivity contribution >= 4 is 5.91 Å². The summed E-state index contributed by atoms with van der Waals surface area (Å²) in [6.07, 6.45) is 5.16. The van der Waals surface area contributed by atoms with E-state index in [4.69, 9.17) is 0 Å². The molecule has 0 aliphatic heterocycles. The van der Waals surface area contributed by atoms with E-state index < -0.39 is 5.92 Å². The standard InChI is InChI=1S/C15H16F2N4O/c16-15(17)6-4-11(5-7-15)19-14(22)12-2-1-3-13(20-12)21-9-8-18-10-21/h1-3,8-11H,4-7H2,(H,19,22). The highest BCUT2D eigenvalue weighted by Crippen LogP contribution is 2.33. The van der Waals surface area contributed by atoms with Gasteiger partial charge in [0, 0.05) is 31.3 Å². The summed E-state index contributed by atoms with van der Waals surface area (Å²) in [7, 11) is 0. The van der Waals surface area contributed by atoms with Gasteiger partial charge in [-0.2, -0.15) is 0 Å². The van der Waals surface area contributed by atoms with Gasteiger partial charge in [0.1, 0.15) is 17.8 Å². The van der Waals surface area contributed by atoms with Crippen LogP contribution >= 0.6 is 0 Å². The van der Waals surface area contributed by atoms with E-state index in [2.05, 4.69) is 15.3 Å². The molecule has 1 amide bonds. The fourth-order valence-corrected chi connectivity index (χ4v) is 2.53. The molecule has 1 fully saturated rings. The normalized spacial score (nSPS) is 18.1. The Hall–Kier alpha value is -2.31. The number of imidazole rings is 1. The summed E-state index contributed by atoms with van der Waals surface area (Å²) in [6, 6.07) is 4.88. The Morgan fingerprint density at radius 2 is 2.09 bits per heavy atom. The number of aromatic nitrogens is 3. The van der Waals surface area contributed by atoms with Crippen LogP contribution in [0.2, 0.25) is 0 Å². The minimum Gasteiger partial charge on any atom is -0.348 e. The first-order valence-electron chi connectivity index (χ1n) is 7.18. The van der Waals surface area contributed by atoms with Crippen LogP contribution in [0.3, 0.4) is 0 Å². The highest BCUT2D eigenvalue weighted by Gasteiger charge is 2.35. The van der Waals surface area contributed by atoms with Crippen molar-refractivity contribution in [3.05, 3.63) is 42.6 Å². The second-order valence-electron chi connectivity index (χ2n) is 5.45. The number of amides is 1. The predicted octanol–water partition coefficient (Wildman–Crippen LogP) is 2.58. The molecule has 0 bridgehead atoms. The van der Waals surface area contributed by atoms with Crippen molar-refractivity contribution in [2.45, 2.75) is 37.6 Å². The number of rotatable bonds is 3. The Bertz CT molecular complexity index is 647. The molecule has 0 radical (unpaired) electrons. The molecule has 0 unspecified atom stereocenters. The van der Waals surface area contributed by atoms with Crippen LogP contribution in [0.15, 0.2) is 36.9 Å². The topological polar surface area (TPSA) is 59.8 Å². The fourth-order valence-electron chi connectivity index (χ4n) is 2.53. The molecular formula is C15H16F2N4O. The van der Waals surface area contributed by atoms with E-state index in [9.17, 15) is 13.6 Å². The summed E-state index contributed by atoms with van der Waals surface area (Å²) in [5.41, 5.74) is 0.267. The Kier molecular flexibility index (Phi) is 3.87. The van der Waals surface area contributed by atoms with Crippen molar-refractivity contribution < 1.29 is 13.6 Å². The summed E-state index contributed by atoms with van der Waals surface area (Å²) < 4.78 is 27.9. The monoisotopic (exact) mass is 306 g/mol. The Morgan fingerprint density at radius 3 is 2.77 bits per heavy atom. The summed E-state index contributed by atoms with van der Waals surface area (Å²) >= 11 is 0. The summed E-state index contributed by atoms with van der Waals surface area (Å²) in [4.78, 5) is 20.4. The molecule has 116 valence electrons. The highest BCUT2D eigenvalue weighted by atomic mass is 19.3. The second-order valence-corrected chi connectivity index (χ2v) is 5.45. The van der Waals surface area contributed by atoms with Gasteiger partial charge in [-0.1, -0.05) is 6.07 Å². The van der Waals surface area contributed by atoms with Gasteiger partial charge in [-0.05, 0) is 25.0 Å². The molecule has 0 aromatic carbocycles. The van der Waals surface area contributed by atoms with E-state index in [1.165, 1.54) is 0 Å². The van der Waals surface area contributed by atoms with Crippen LogP contribution in [-0.2, 0) is 0 Å². The molecule has 2 aromatic rings. The number of hydrogen-bond acceptors (Lipinski definition) is 3. The van der Waals surface area contributed by atoms with Gasteiger partial charge in [0.2, 0.25) is 5.92 Å². The molecule has 2 aromatic heterocycles. The fraction of sp³-hybridized carbons (Fsp3) is 0.400.